The van der Waals surface area contributed by atoms with Crippen molar-refractivity contribution in [2.24, 2.45) is 0 Å². The summed E-state index contributed by atoms with van der Waals surface area (Å²) in [6, 6.07) is 11.7. The molecule has 0 saturated carbocycles. The van der Waals surface area contributed by atoms with Crippen LogP contribution in [-0.4, -0.2) is 19.8 Å². The lowest BCUT2D eigenvalue weighted by molar-refractivity contribution is -0.0886. The Kier molecular flexibility index (Phi) is 6.13. The Bertz CT molecular complexity index is 1100. The summed E-state index contributed by atoms with van der Waals surface area (Å²) in [4.78, 5) is 0.197. The Labute approximate surface area is 174 Å². The van der Waals surface area contributed by atoms with Gasteiger partial charge in [0.1, 0.15) is 11.5 Å². The van der Waals surface area contributed by atoms with Gasteiger partial charge in [0.15, 0.2) is 9.84 Å². The molecule has 3 rings (SSSR count). The summed E-state index contributed by atoms with van der Waals surface area (Å²) in [6.07, 6.45) is -0.132. The lowest BCUT2D eigenvalue weighted by Gasteiger charge is -2.20. The van der Waals surface area contributed by atoms with E-state index in [1.807, 2.05) is 13.0 Å². The van der Waals surface area contributed by atoms with Gasteiger partial charge in [-0.05, 0) is 68.7 Å². The monoisotopic (exact) mass is 436 g/mol. The molecule has 0 N–H and O–H groups in total. The van der Waals surface area contributed by atoms with Gasteiger partial charge in [0.25, 0.3) is 0 Å². The molecular formula is C23H23F3O3S. The SMILES string of the molecule is Cc1cc(Oc2cccc(S(=O)(=O)C(C)C)c2)ccc1C1C=CC(C(F)(F)F)=CC1. The molecule has 1 unspecified atom stereocenters. The third-order valence-corrected chi connectivity index (χ3v) is 7.21. The largest absolute Gasteiger partial charge is 0.457 e. The van der Waals surface area contributed by atoms with E-state index >= 15 is 0 Å². The van der Waals surface area contributed by atoms with Crippen LogP contribution in [0.15, 0.2) is 71.2 Å². The molecule has 7 heteroatoms. The average molecular weight is 436 g/mol. The van der Waals surface area contributed by atoms with E-state index in [1.165, 1.54) is 18.2 Å². The van der Waals surface area contributed by atoms with Crippen molar-refractivity contribution in [3.63, 3.8) is 0 Å². The molecule has 1 aliphatic carbocycles. The summed E-state index contributed by atoms with van der Waals surface area (Å²) >= 11 is 0. The first-order valence-corrected chi connectivity index (χ1v) is 11.1. The molecule has 0 amide bonds. The maximum Gasteiger partial charge on any atom is 0.416 e. The van der Waals surface area contributed by atoms with Crippen LogP contribution >= 0.6 is 0 Å². The van der Waals surface area contributed by atoms with E-state index in [1.54, 1.807) is 44.2 Å². The van der Waals surface area contributed by atoms with E-state index in [-0.39, 0.29) is 17.2 Å². The molecule has 1 atom stereocenters. The molecule has 3 nitrogen and oxygen atoms in total. The molecule has 0 aliphatic heterocycles. The first kappa shape index (κ1) is 22.2. The fourth-order valence-electron chi connectivity index (χ4n) is 3.31. The zero-order valence-electron chi connectivity index (χ0n) is 16.9. The van der Waals surface area contributed by atoms with E-state index in [2.05, 4.69) is 0 Å². The molecule has 0 aromatic heterocycles. The molecule has 0 radical (unpaired) electrons. The summed E-state index contributed by atoms with van der Waals surface area (Å²) in [5.41, 5.74) is 1.19. The van der Waals surface area contributed by atoms with Gasteiger partial charge in [-0.1, -0.05) is 30.4 Å². The third kappa shape index (κ3) is 4.78. The number of hydrogen-bond donors (Lipinski definition) is 0. The highest BCUT2D eigenvalue weighted by Crippen LogP contribution is 2.36. The topological polar surface area (TPSA) is 43.4 Å². The second-order valence-corrected chi connectivity index (χ2v) is 10.1. The maximum absolute atomic E-state index is 12.8. The summed E-state index contributed by atoms with van der Waals surface area (Å²) in [5.74, 6) is 0.797. The van der Waals surface area contributed by atoms with Gasteiger partial charge in [-0.2, -0.15) is 13.2 Å². The van der Waals surface area contributed by atoms with Crippen molar-refractivity contribution in [3.05, 3.63) is 77.4 Å². The fraction of sp³-hybridized carbons (Fsp3) is 0.304. The molecule has 0 heterocycles. The summed E-state index contributed by atoms with van der Waals surface area (Å²) < 4.78 is 68.9. The number of hydrogen-bond acceptors (Lipinski definition) is 3. The van der Waals surface area contributed by atoms with E-state index in [0.29, 0.717) is 11.5 Å². The molecule has 0 saturated heterocycles. The quantitative estimate of drug-likeness (QED) is 0.537. The van der Waals surface area contributed by atoms with Gasteiger partial charge in [0.05, 0.1) is 15.7 Å². The molecule has 0 fully saturated rings. The first-order chi connectivity index (χ1) is 14.0. The summed E-state index contributed by atoms with van der Waals surface area (Å²) in [6.45, 7) is 5.12. The normalized spacial score (nSPS) is 17.2. The first-order valence-electron chi connectivity index (χ1n) is 9.56. The van der Waals surface area contributed by atoms with Crippen LogP contribution in [-0.2, 0) is 9.84 Å². The average Bonchev–Trinajstić information content (AvgIpc) is 2.67. The van der Waals surface area contributed by atoms with Gasteiger partial charge in [-0.3, -0.25) is 0 Å². The number of aryl methyl sites for hydroxylation is 1. The molecule has 160 valence electrons. The van der Waals surface area contributed by atoms with Crippen molar-refractivity contribution >= 4 is 9.84 Å². The number of allylic oxidation sites excluding steroid dienone is 4. The zero-order chi connectivity index (χ0) is 22.1. The van der Waals surface area contributed by atoms with Crippen molar-refractivity contribution < 1.29 is 26.3 Å². The van der Waals surface area contributed by atoms with Gasteiger partial charge in [0, 0.05) is 5.92 Å². The number of rotatable bonds is 5. The standard InChI is InChI=1S/C23H23F3O3S/c1-15(2)30(27,28)21-6-4-5-19(14-21)29-20-11-12-22(16(3)13-20)17-7-9-18(10-8-17)23(24,25)26/h4-7,9-15,17H,8H2,1-3H3. The predicted octanol–water partition coefficient (Wildman–Crippen LogP) is 6.50. The highest BCUT2D eigenvalue weighted by Gasteiger charge is 2.33. The van der Waals surface area contributed by atoms with Crippen LogP contribution in [0.2, 0.25) is 0 Å². The minimum absolute atomic E-state index is 0.135. The van der Waals surface area contributed by atoms with E-state index in [9.17, 15) is 21.6 Å². The van der Waals surface area contributed by atoms with Gasteiger partial charge in [-0.25, -0.2) is 8.42 Å². The van der Waals surface area contributed by atoms with E-state index < -0.39 is 26.8 Å². The Morgan fingerprint density at radius 2 is 1.77 bits per heavy atom. The lowest BCUT2D eigenvalue weighted by atomic mass is 9.87. The van der Waals surface area contributed by atoms with Crippen LogP contribution in [0.1, 0.15) is 37.3 Å². The third-order valence-electron chi connectivity index (χ3n) is 5.06. The van der Waals surface area contributed by atoms with Crippen molar-refractivity contribution in [2.45, 2.75) is 49.4 Å². The molecule has 2 aromatic carbocycles. The predicted molar refractivity (Wildman–Crippen MR) is 111 cm³/mol. The number of ether oxygens (including phenoxy) is 1. The van der Waals surface area contributed by atoms with Crippen molar-refractivity contribution in [2.75, 3.05) is 0 Å². The zero-order valence-corrected chi connectivity index (χ0v) is 17.7. The molecular weight excluding hydrogens is 413 g/mol. The molecule has 2 aromatic rings. The molecule has 30 heavy (non-hydrogen) atoms. The maximum atomic E-state index is 12.8. The molecule has 0 spiro atoms. The van der Waals surface area contributed by atoms with Crippen LogP contribution < -0.4 is 4.74 Å². The van der Waals surface area contributed by atoms with Gasteiger partial charge >= 0.3 is 6.18 Å². The van der Waals surface area contributed by atoms with Gasteiger partial charge < -0.3 is 4.74 Å². The second-order valence-electron chi connectivity index (χ2n) is 7.55. The number of halogens is 3. The van der Waals surface area contributed by atoms with Crippen molar-refractivity contribution in [1.29, 1.82) is 0 Å². The summed E-state index contributed by atoms with van der Waals surface area (Å²) in [7, 11) is -3.41. The molecule has 1 aliphatic rings. The summed E-state index contributed by atoms with van der Waals surface area (Å²) in [5, 5.41) is -0.537. The Balaban J connectivity index is 1.78. The van der Waals surface area contributed by atoms with Gasteiger partial charge in [0.2, 0.25) is 0 Å². The van der Waals surface area contributed by atoms with Crippen LogP contribution in [0.5, 0.6) is 11.5 Å². The van der Waals surface area contributed by atoms with Crippen molar-refractivity contribution in [3.8, 4) is 11.5 Å². The molecule has 0 bridgehead atoms. The highest BCUT2D eigenvalue weighted by molar-refractivity contribution is 7.92. The van der Waals surface area contributed by atoms with E-state index in [4.69, 9.17) is 4.74 Å². The number of alkyl halides is 3. The Morgan fingerprint density at radius 3 is 2.33 bits per heavy atom. The van der Waals surface area contributed by atoms with Crippen LogP contribution in [0.3, 0.4) is 0 Å². The smallest absolute Gasteiger partial charge is 0.416 e. The van der Waals surface area contributed by atoms with Crippen LogP contribution in [0.4, 0.5) is 13.2 Å². The van der Waals surface area contributed by atoms with Crippen LogP contribution in [0.25, 0.3) is 0 Å². The van der Waals surface area contributed by atoms with E-state index in [0.717, 1.165) is 17.2 Å². The van der Waals surface area contributed by atoms with Crippen molar-refractivity contribution in [1.82, 2.24) is 0 Å². The lowest BCUT2D eigenvalue weighted by Crippen LogP contribution is -2.13. The number of benzene rings is 2. The minimum Gasteiger partial charge on any atom is -0.457 e. The van der Waals surface area contributed by atoms with Gasteiger partial charge in [-0.15, -0.1) is 0 Å². The fourth-order valence-corrected chi connectivity index (χ4v) is 4.40. The highest BCUT2D eigenvalue weighted by atomic mass is 32.2. The number of sulfone groups is 1. The Morgan fingerprint density at radius 1 is 1.07 bits per heavy atom. The van der Waals surface area contributed by atoms with Crippen LogP contribution in [0, 0.1) is 6.92 Å². The Hall–Kier alpha value is -2.54. The minimum atomic E-state index is -4.33. The second kappa shape index (κ2) is 8.30.